The molecule has 0 unspecified atom stereocenters. The van der Waals surface area contributed by atoms with Gasteiger partial charge in [-0.05, 0) is 30.3 Å². The molecule has 0 fully saturated rings. The van der Waals surface area contributed by atoms with Gasteiger partial charge in [-0.15, -0.1) is 0 Å². The van der Waals surface area contributed by atoms with Crippen LogP contribution in [0.2, 0.25) is 0 Å². The molecule has 0 aliphatic carbocycles. The zero-order chi connectivity index (χ0) is 16.2. The molecule has 0 aliphatic heterocycles. The number of hydrogen-bond acceptors (Lipinski definition) is 3. The van der Waals surface area contributed by atoms with Crippen LogP contribution in [0, 0.1) is 5.82 Å². The maximum Gasteiger partial charge on any atom is 0.269 e. The molecule has 116 valence electrons. The molecular formula is C17H15FN4O. The Morgan fingerprint density at radius 2 is 2.00 bits per heavy atom. The number of nitrogens with zero attached hydrogens (tertiary/aromatic N) is 3. The molecule has 5 nitrogen and oxygen atoms in total. The van der Waals surface area contributed by atoms with Crippen LogP contribution < -0.4 is 5.32 Å². The van der Waals surface area contributed by atoms with E-state index in [2.05, 4.69) is 15.4 Å². The van der Waals surface area contributed by atoms with Crippen LogP contribution in [0.3, 0.4) is 0 Å². The second kappa shape index (κ2) is 6.39. The predicted octanol–water partition coefficient (Wildman–Crippen LogP) is 2.55. The fraction of sp³-hybridized carbons (Fsp3) is 0.118. The van der Waals surface area contributed by atoms with Gasteiger partial charge < -0.3 is 5.32 Å². The third kappa shape index (κ3) is 3.26. The highest BCUT2D eigenvalue weighted by atomic mass is 19.1. The van der Waals surface area contributed by atoms with Crippen LogP contribution in [0.4, 0.5) is 4.39 Å². The lowest BCUT2D eigenvalue weighted by Gasteiger charge is -2.04. The van der Waals surface area contributed by atoms with Crippen LogP contribution in [0.5, 0.6) is 0 Å². The molecule has 2 aromatic heterocycles. The van der Waals surface area contributed by atoms with E-state index in [1.165, 1.54) is 10.7 Å². The molecule has 3 rings (SSSR count). The summed E-state index contributed by atoms with van der Waals surface area (Å²) >= 11 is 0. The summed E-state index contributed by atoms with van der Waals surface area (Å²) in [7, 11) is 1.65. The van der Waals surface area contributed by atoms with Gasteiger partial charge in [0.05, 0.1) is 17.9 Å². The van der Waals surface area contributed by atoms with Gasteiger partial charge >= 0.3 is 0 Å². The van der Waals surface area contributed by atoms with Gasteiger partial charge in [0.2, 0.25) is 0 Å². The number of carbonyl (C=O) groups excluding carboxylic acids is 1. The summed E-state index contributed by atoms with van der Waals surface area (Å²) in [6.45, 7) is 0.319. The monoisotopic (exact) mass is 310 g/mol. The molecule has 23 heavy (non-hydrogen) atoms. The highest BCUT2D eigenvalue weighted by Crippen LogP contribution is 2.21. The molecule has 0 saturated heterocycles. The number of pyridine rings is 1. The largest absolute Gasteiger partial charge is 0.345 e. The van der Waals surface area contributed by atoms with E-state index >= 15 is 0 Å². The maximum atomic E-state index is 13.8. The number of carbonyl (C=O) groups is 1. The van der Waals surface area contributed by atoms with E-state index in [-0.39, 0.29) is 11.7 Å². The Hall–Kier alpha value is -3.02. The Kier molecular flexibility index (Phi) is 4.14. The third-order valence-corrected chi connectivity index (χ3v) is 3.42. The summed E-state index contributed by atoms with van der Waals surface area (Å²) < 4.78 is 15.3. The van der Waals surface area contributed by atoms with Gasteiger partial charge in [-0.2, -0.15) is 5.10 Å². The van der Waals surface area contributed by atoms with Crippen molar-refractivity contribution in [3.05, 3.63) is 71.9 Å². The van der Waals surface area contributed by atoms with Gasteiger partial charge in [-0.3, -0.25) is 14.5 Å². The summed E-state index contributed by atoms with van der Waals surface area (Å²) in [5.74, 6) is -0.653. The van der Waals surface area contributed by atoms with E-state index < -0.39 is 0 Å². The normalized spacial score (nSPS) is 10.5. The van der Waals surface area contributed by atoms with E-state index in [9.17, 15) is 9.18 Å². The second-order valence-electron chi connectivity index (χ2n) is 5.02. The van der Waals surface area contributed by atoms with Crippen LogP contribution >= 0.6 is 0 Å². The molecule has 1 amide bonds. The molecule has 1 N–H and O–H groups in total. The van der Waals surface area contributed by atoms with Crippen LogP contribution in [-0.2, 0) is 13.6 Å². The molecule has 0 radical (unpaired) electrons. The van der Waals surface area contributed by atoms with Gasteiger partial charge in [0.1, 0.15) is 11.5 Å². The molecule has 0 spiro atoms. The van der Waals surface area contributed by atoms with Gasteiger partial charge in [-0.25, -0.2) is 4.39 Å². The van der Waals surface area contributed by atoms with Crippen LogP contribution in [0.25, 0.3) is 11.3 Å². The van der Waals surface area contributed by atoms with Crippen LogP contribution in [0.1, 0.15) is 16.2 Å². The Morgan fingerprint density at radius 3 is 2.74 bits per heavy atom. The zero-order valence-corrected chi connectivity index (χ0v) is 12.5. The van der Waals surface area contributed by atoms with E-state index in [4.69, 9.17) is 0 Å². The molecule has 0 saturated carbocycles. The van der Waals surface area contributed by atoms with Crippen molar-refractivity contribution in [3.63, 3.8) is 0 Å². The standard InChI is InChI=1S/C17H15FN4O/c1-22-16(17(23)20-11-12-6-4-5-9-19-12)10-15(21-22)13-7-2-3-8-14(13)18/h2-10H,11H2,1H3,(H,20,23). The highest BCUT2D eigenvalue weighted by Gasteiger charge is 2.15. The van der Waals surface area contributed by atoms with Crippen LogP contribution in [-0.4, -0.2) is 20.7 Å². The number of aryl methyl sites for hydroxylation is 1. The quantitative estimate of drug-likeness (QED) is 0.805. The lowest BCUT2D eigenvalue weighted by Crippen LogP contribution is -2.25. The average molecular weight is 310 g/mol. The Morgan fingerprint density at radius 1 is 1.22 bits per heavy atom. The zero-order valence-electron chi connectivity index (χ0n) is 12.5. The van der Waals surface area contributed by atoms with Crippen LogP contribution in [0.15, 0.2) is 54.7 Å². The fourth-order valence-corrected chi connectivity index (χ4v) is 2.24. The van der Waals surface area contributed by atoms with Crippen molar-refractivity contribution < 1.29 is 9.18 Å². The SMILES string of the molecule is Cn1nc(-c2ccccc2F)cc1C(=O)NCc1ccccn1. The van der Waals surface area contributed by atoms with E-state index in [1.54, 1.807) is 37.5 Å². The third-order valence-electron chi connectivity index (χ3n) is 3.42. The summed E-state index contributed by atoms with van der Waals surface area (Å²) in [5.41, 5.74) is 1.91. The second-order valence-corrected chi connectivity index (χ2v) is 5.02. The van der Waals surface area contributed by atoms with Crippen molar-refractivity contribution in [2.75, 3.05) is 0 Å². The maximum absolute atomic E-state index is 13.8. The molecule has 1 aromatic carbocycles. The van der Waals surface area contributed by atoms with E-state index in [0.717, 1.165) is 5.69 Å². The number of aromatic nitrogens is 3. The van der Waals surface area contributed by atoms with Crippen molar-refractivity contribution in [2.24, 2.45) is 7.05 Å². The molecule has 0 atom stereocenters. The fourth-order valence-electron chi connectivity index (χ4n) is 2.24. The number of hydrogen-bond donors (Lipinski definition) is 1. The van der Waals surface area contributed by atoms with Gasteiger partial charge in [-0.1, -0.05) is 18.2 Å². The average Bonchev–Trinajstić information content (AvgIpc) is 2.96. The lowest BCUT2D eigenvalue weighted by atomic mass is 10.1. The first-order valence-corrected chi connectivity index (χ1v) is 7.12. The molecular weight excluding hydrogens is 295 g/mol. The van der Waals surface area contributed by atoms with Crippen molar-refractivity contribution in [2.45, 2.75) is 6.54 Å². The number of amides is 1. The molecule has 0 aliphatic rings. The minimum atomic E-state index is -0.369. The first kappa shape index (κ1) is 14.9. The highest BCUT2D eigenvalue weighted by molar-refractivity contribution is 5.93. The van der Waals surface area contributed by atoms with Gasteiger partial charge in [0, 0.05) is 18.8 Å². The van der Waals surface area contributed by atoms with Crippen molar-refractivity contribution >= 4 is 5.91 Å². The molecule has 0 bridgehead atoms. The molecule has 3 aromatic rings. The summed E-state index contributed by atoms with van der Waals surface area (Å²) in [5, 5.41) is 7.00. The van der Waals surface area contributed by atoms with E-state index in [1.807, 2.05) is 18.2 Å². The smallest absolute Gasteiger partial charge is 0.269 e. The Labute approximate surface area is 132 Å². The first-order valence-electron chi connectivity index (χ1n) is 7.12. The number of rotatable bonds is 4. The Bertz CT molecular complexity index is 830. The number of nitrogens with one attached hydrogen (secondary N) is 1. The van der Waals surface area contributed by atoms with Crippen molar-refractivity contribution in [1.29, 1.82) is 0 Å². The van der Waals surface area contributed by atoms with E-state index in [0.29, 0.717) is 23.5 Å². The van der Waals surface area contributed by atoms with Gasteiger partial charge in [0.15, 0.2) is 0 Å². The summed E-state index contributed by atoms with van der Waals surface area (Å²) in [6, 6.07) is 13.4. The van der Waals surface area contributed by atoms with Gasteiger partial charge in [0.25, 0.3) is 5.91 Å². The van der Waals surface area contributed by atoms with Crippen molar-refractivity contribution in [3.8, 4) is 11.3 Å². The minimum absolute atomic E-state index is 0.284. The van der Waals surface area contributed by atoms with Crippen molar-refractivity contribution in [1.82, 2.24) is 20.1 Å². The molecule has 6 heteroatoms. The summed E-state index contributed by atoms with van der Waals surface area (Å²) in [4.78, 5) is 16.4. The minimum Gasteiger partial charge on any atom is -0.345 e. The Balaban J connectivity index is 1.78. The molecule has 2 heterocycles. The predicted molar refractivity (Wildman–Crippen MR) is 84.0 cm³/mol. The lowest BCUT2D eigenvalue weighted by molar-refractivity contribution is 0.0941. The summed E-state index contributed by atoms with van der Waals surface area (Å²) in [6.07, 6.45) is 1.67. The topological polar surface area (TPSA) is 59.8 Å². The number of benzene rings is 1. The first-order chi connectivity index (χ1) is 11.1. The number of halogens is 1.